The summed E-state index contributed by atoms with van der Waals surface area (Å²) in [5, 5.41) is 5.99. The molecule has 3 rings (SSSR count). The predicted octanol–water partition coefficient (Wildman–Crippen LogP) is 3.97. The van der Waals surface area contributed by atoms with Crippen molar-refractivity contribution in [1.82, 2.24) is 9.88 Å². The van der Waals surface area contributed by atoms with Crippen LogP contribution < -0.4 is 10.1 Å². The average Bonchev–Trinajstić information content (AvgIpc) is 2.89. The monoisotopic (exact) mass is 294 g/mol. The molecule has 1 heterocycles. The maximum absolute atomic E-state index is 5.59. The van der Waals surface area contributed by atoms with Gasteiger partial charge in [-0.15, -0.1) is 6.58 Å². The van der Waals surface area contributed by atoms with E-state index in [2.05, 4.69) is 52.9 Å². The first-order valence-corrected chi connectivity index (χ1v) is 7.72. The molecule has 0 amide bonds. The molecule has 114 valence electrons. The lowest BCUT2D eigenvalue weighted by molar-refractivity contribution is 0.417. The lowest BCUT2D eigenvalue weighted by Gasteiger charge is -2.10. The summed E-state index contributed by atoms with van der Waals surface area (Å²) in [5.41, 5.74) is 2.43. The first-order chi connectivity index (χ1) is 10.9. The maximum Gasteiger partial charge on any atom is 0.143 e. The number of methoxy groups -OCH3 is 1. The predicted molar refractivity (Wildman–Crippen MR) is 93.7 cm³/mol. The first-order valence-electron chi connectivity index (χ1n) is 7.72. The van der Waals surface area contributed by atoms with E-state index in [1.165, 1.54) is 21.8 Å². The van der Waals surface area contributed by atoms with Gasteiger partial charge in [0.05, 0.1) is 12.6 Å². The summed E-state index contributed by atoms with van der Waals surface area (Å²) < 4.78 is 7.94. The second kappa shape index (κ2) is 6.67. The molecule has 0 aliphatic rings. The molecule has 3 aromatic rings. The van der Waals surface area contributed by atoms with Crippen LogP contribution in [-0.4, -0.2) is 24.8 Å². The zero-order chi connectivity index (χ0) is 15.4. The van der Waals surface area contributed by atoms with Gasteiger partial charge in [0.15, 0.2) is 0 Å². The highest BCUT2D eigenvalue weighted by atomic mass is 16.5. The van der Waals surface area contributed by atoms with Gasteiger partial charge in [0.1, 0.15) is 5.75 Å². The van der Waals surface area contributed by atoms with E-state index in [-0.39, 0.29) is 0 Å². The highest BCUT2D eigenvalue weighted by Gasteiger charge is 2.13. The number of para-hydroxylation sites is 2. The van der Waals surface area contributed by atoms with Gasteiger partial charge in [-0.1, -0.05) is 36.4 Å². The van der Waals surface area contributed by atoms with Crippen molar-refractivity contribution in [1.29, 1.82) is 0 Å². The van der Waals surface area contributed by atoms with Crippen LogP contribution in [0.5, 0.6) is 5.75 Å². The Balaban J connectivity index is 2.03. The highest BCUT2D eigenvalue weighted by molar-refractivity contribution is 6.10. The molecule has 0 aliphatic carbocycles. The van der Waals surface area contributed by atoms with E-state index in [0.717, 1.165) is 31.8 Å². The van der Waals surface area contributed by atoms with E-state index in [1.54, 1.807) is 7.11 Å². The highest BCUT2D eigenvalue weighted by Crippen LogP contribution is 2.34. The smallest absolute Gasteiger partial charge is 0.143 e. The number of ether oxygens (including phenoxy) is 1. The van der Waals surface area contributed by atoms with E-state index < -0.39 is 0 Å². The normalized spacial score (nSPS) is 11.1. The Morgan fingerprint density at radius 1 is 1.09 bits per heavy atom. The van der Waals surface area contributed by atoms with Crippen LogP contribution in [0.15, 0.2) is 55.1 Å². The molecule has 0 spiro atoms. The summed E-state index contributed by atoms with van der Waals surface area (Å²) >= 11 is 0. The van der Waals surface area contributed by atoms with Crippen LogP contribution in [0.1, 0.15) is 6.42 Å². The fourth-order valence-electron chi connectivity index (χ4n) is 2.99. The molecule has 0 saturated heterocycles. The third-order valence-corrected chi connectivity index (χ3v) is 4.01. The molecule has 22 heavy (non-hydrogen) atoms. The number of nitrogens with zero attached hydrogens (tertiary/aromatic N) is 1. The molecule has 0 bridgehead atoms. The second-order valence-corrected chi connectivity index (χ2v) is 5.35. The maximum atomic E-state index is 5.59. The van der Waals surface area contributed by atoms with Crippen molar-refractivity contribution in [3.8, 4) is 5.75 Å². The van der Waals surface area contributed by atoms with Gasteiger partial charge in [-0.05, 0) is 25.1 Å². The second-order valence-electron chi connectivity index (χ2n) is 5.35. The van der Waals surface area contributed by atoms with Crippen molar-refractivity contribution >= 4 is 21.8 Å². The van der Waals surface area contributed by atoms with Gasteiger partial charge in [0, 0.05) is 29.4 Å². The van der Waals surface area contributed by atoms with E-state index in [0.29, 0.717) is 0 Å². The SMILES string of the molecule is C=CCCNCCn1c2ccccc2c2cccc(OC)c21. The number of nitrogens with one attached hydrogen (secondary N) is 1. The molecular formula is C19H22N2O. The zero-order valence-corrected chi connectivity index (χ0v) is 13.0. The largest absolute Gasteiger partial charge is 0.495 e. The third-order valence-electron chi connectivity index (χ3n) is 4.01. The summed E-state index contributed by atoms with van der Waals surface area (Å²) in [6.45, 7) is 6.57. The van der Waals surface area contributed by atoms with Gasteiger partial charge < -0.3 is 14.6 Å². The Morgan fingerprint density at radius 3 is 2.73 bits per heavy atom. The number of hydrogen-bond donors (Lipinski definition) is 1. The Bertz CT molecular complexity index is 789. The van der Waals surface area contributed by atoms with Gasteiger partial charge in [0.2, 0.25) is 0 Å². The fraction of sp³-hybridized carbons (Fsp3) is 0.263. The van der Waals surface area contributed by atoms with Crippen molar-refractivity contribution in [2.45, 2.75) is 13.0 Å². The average molecular weight is 294 g/mol. The number of hydrogen-bond acceptors (Lipinski definition) is 2. The zero-order valence-electron chi connectivity index (χ0n) is 13.0. The standard InChI is InChI=1S/C19H22N2O/c1-3-4-12-20-13-14-21-17-10-6-5-8-15(17)16-9-7-11-18(22-2)19(16)21/h3,5-11,20H,1,4,12-14H2,2H3. The number of fused-ring (bicyclic) bond motifs is 3. The molecule has 0 aliphatic heterocycles. The van der Waals surface area contributed by atoms with Crippen molar-refractivity contribution in [2.24, 2.45) is 0 Å². The van der Waals surface area contributed by atoms with Gasteiger partial charge in [-0.2, -0.15) is 0 Å². The third kappa shape index (κ3) is 2.60. The minimum atomic E-state index is 0.918. The number of benzene rings is 2. The van der Waals surface area contributed by atoms with Crippen LogP contribution in [-0.2, 0) is 6.54 Å². The van der Waals surface area contributed by atoms with Crippen molar-refractivity contribution in [2.75, 3.05) is 20.2 Å². The molecule has 0 fully saturated rings. The quantitative estimate of drug-likeness (QED) is 0.527. The fourth-order valence-corrected chi connectivity index (χ4v) is 2.99. The summed E-state index contributed by atoms with van der Waals surface area (Å²) in [4.78, 5) is 0. The van der Waals surface area contributed by atoms with Crippen LogP contribution in [0.2, 0.25) is 0 Å². The molecule has 3 nitrogen and oxygen atoms in total. The Labute approximate surface area is 131 Å². The molecule has 0 unspecified atom stereocenters. The van der Waals surface area contributed by atoms with E-state index in [4.69, 9.17) is 4.74 Å². The molecule has 0 radical (unpaired) electrons. The van der Waals surface area contributed by atoms with Gasteiger partial charge >= 0.3 is 0 Å². The number of rotatable bonds is 7. The van der Waals surface area contributed by atoms with E-state index >= 15 is 0 Å². The number of aromatic nitrogens is 1. The molecule has 0 saturated carbocycles. The summed E-state index contributed by atoms with van der Waals surface area (Å²) in [6, 6.07) is 14.8. The Kier molecular flexibility index (Phi) is 4.45. The van der Waals surface area contributed by atoms with Crippen LogP contribution in [0.25, 0.3) is 21.8 Å². The topological polar surface area (TPSA) is 26.2 Å². The summed E-state index contributed by atoms with van der Waals surface area (Å²) in [7, 11) is 1.74. The lowest BCUT2D eigenvalue weighted by Crippen LogP contribution is -2.20. The van der Waals surface area contributed by atoms with Gasteiger partial charge in [0.25, 0.3) is 0 Å². The van der Waals surface area contributed by atoms with Gasteiger partial charge in [-0.25, -0.2) is 0 Å². The Morgan fingerprint density at radius 2 is 1.91 bits per heavy atom. The van der Waals surface area contributed by atoms with E-state index in [9.17, 15) is 0 Å². The molecule has 0 atom stereocenters. The molecule has 3 heteroatoms. The molecule has 2 aromatic carbocycles. The summed E-state index contributed by atoms with van der Waals surface area (Å²) in [5.74, 6) is 0.930. The summed E-state index contributed by atoms with van der Waals surface area (Å²) in [6.07, 6.45) is 2.94. The van der Waals surface area contributed by atoms with Crippen molar-refractivity contribution < 1.29 is 4.74 Å². The molecular weight excluding hydrogens is 272 g/mol. The van der Waals surface area contributed by atoms with Crippen LogP contribution in [0, 0.1) is 0 Å². The minimum Gasteiger partial charge on any atom is -0.495 e. The Hall–Kier alpha value is -2.26. The van der Waals surface area contributed by atoms with Crippen molar-refractivity contribution in [3.05, 3.63) is 55.1 Å². The molecule has 1 N–H and O–H groups in total. The van der Waals surface area contributed by atoms with Crippen molar-refractivity contribution in [3.63, 3.8) is 0 Å². The van der Waals surface area contributed by atoms with E-state index in [1.807, 2.05) is 12.1 Å². The van der Waals surface area contributed by atoms with Crippen LogP contribution in [0.3, 0.4) is 0 Å². The lowest BCUT2D eigenvalue weighted by atomic mass is 10.1. The van der Waals surface area contributed by atoms with Gasteiger partial charge in [-0.3, -0.25) is 0 Å². The first kappa shape index (κ1) is 14.7. The molecule has 1 aromatic heterocycles. The minimum absolute atomic E-state index is 0.918. The van der Waals surface area contributed by atoms with Crippen LogP contribution in [0.4, 0.5) is 0 Å². The van der Waals surface area contributed by atoms with Crippen LogP contribution >= 0.6 is 0 Å².